The van der Waals surface area contributed by atoms with E-state index in [1.165, 1.54) is 47.8 Å². The Balaban J connectivity index is 1.91. The molecule has 0 atom stereocenters. The molecule has 1 N–H and O–H groups in total. The maximum atomic E-state index is 12.7. The first-order valence-corrected chi connectivity index (χ1v) is 8.85. The van der Waals surface area contributed by atoms with Crippen molar-refractivity contribution in [3.05, 3.63) is 62.4 Å². The molecular weight excluding hydrogens is 348 g/mol. The van der Waals surface area contributed by atoms with Crippen molar-refractivity contribution in [2.24, 2.45) is 14.1 Å². The lowest BCUT2D eigenvalue weighted by molar-refractivity contribution is 0.0723. The van der Waals surface area contributed by atoms with Crippen LogP contribution in [-0.4, -0.2) is 38.9 Å². The Bertz CT molecular complexity index is 999. The highest BCUT2D eigenvalue weighted by atomic mass is 16.2. The number of nitrogens with one attached hydrogen (secondary N) is 1. The smallest absolute Gasteiger partial charge is 0.274 e. The van der Waals surface area contributed by atoms with Crippen LogP contribution in [0, 0.1) is 0 Å². The number of rotatable bonds is 3. The van der Waals surface area contributed by atoms with Crippen LogP contribution in [0.25, 0.3) is 0 Å². The van der Waals surface area contributed by atoms with Gasteiger partial charge in [-0.15, -0.1) is 0 Å². The molecule has 1 saturated heterocycles. The molecule has 8 heteroatoms. The number of aromatic nitrogens is 2. The second-order valence-corrected chi connectivity index (χ2v) is 6.70. The van der Waals surface area contributed by atoms with Gasteiger partial charge < -0.3 is 19.4 Å². The molecule has 2 aromatic rings. The Morgan fingerprint density at radius 1 is 1.00 bits per heavy atom. The summed E-state index contributed by atoms with van der Waals surface area (Å²) >= 11 is 0. The van der Waals surface area contributed by atoms with Crippen LogP contribution in [0.4, 0.5) is 5.69 Å². The van der Waals surface area contributed by atoms with Gasteiger partial charge in [0.2, 0.25) is 0 Å². The number of piperidine rings is 1. The minimum atomic E-state index is -0.684. The van der Waals surface area contributed by atoms with Crippen LogP contribution in [0.3, 0.4) is 0 Å². The SMILES string of the molecule is Cn1cc(C(=O)N2CCCCC2)cc(NC(=O)c2cccn(C)c2=O)c1=O. The number of hydrogen-bond donors (Lipinski definition) is 1. The number of carbonyl (C=O) groups is 2. The molecule has 0 aliphatic carbocycles. The van der Waals surface area contributed by atoms with Crippen LogP contribution >= 0.6 is 0 Å². The number of amides is 2. The third-order valence-electron chi connectivity index (χ3n) is 4.69. The average molecular weight is 370 g/mol. The van der Waals surface area contributed by atoms with E-state index in [0.717, 1.165) is 19.3 Å². The topological polar surface area (TPSA) is 93.4 Å². The molecule has 0 saturated carbocycles. The van der Waals surface area contributed by atoms with E-state index in [1.807, 2.05) is 0 Å². The van der Waals surface area contributed by atoms with Crippen LogP contribution in [0.5, 0.6) is 0 Å². The predicted molar refractivity (Wildman–Crippen MR) is 101 cm³/mol. The second kappa shape index (κ2) is 7.61. The van der Waals surface area contributed by atoms with Crippen molar-refractivity contribution in [3.8, 4) is 0 Å². The number of hydrogen-bond acceptors (Lipinski definition) is 4. The highest BCUT2D eigenvalue weighted by Crippen LogP contribution is 2.14. The number of nitrogens with zero attached hydrogens (tertiary/aromatic N) is 3. The van der Waals surface area contributed by atoms with Crippen molar-refractivity contribution >= 4 is 17.5 Å². The molecular formula is C19H22N4O4. The first kappa shape index (κ1) is 18.6. The first-order valence-electron chi connectivity index (χ1n) is 8.85. The van der Waals surface area contributed by atoms with Gasteiger partial charge >= 0.3 is 0 Å². The van der Waals surface area contributed by atoms with Gasteiger partial charge in [0.05, 0.1) is 5.56 Å². The van der Waals surface area contributed by atoms with Gasteiger partial charge in [0.15, 0.2) is 0 Å². The fraction of sp³-hybridized carbons (Fsp3) is 0.368. The minimum Gasteiger partial charge on any atom is -0.339 e. The van der Waals surface area contributed by atoms with Gasteiger partial charge in [0, 0.05) is 39.6 Å². The number of pyridine rings is 2. The maximum Gasteiger partial charge on any atom is 0.274 e. The maximum absolute atomic E-state index is 12.7. The van der Waals surface area contributed by atoms with Crippen LogP contribution in [0.1, 0.15) is 40.0 Å². The van der Waals surface area contributed by atoms with Crippen LogP contribution in [0.2, 0.25) is 0 Å². The molecule has 1 aliphatic rings. The number of anilines is 1. The zero-order chi connectivity index (χ0) is 19.6. The van der Waals surface area contributed by atoms with E-state index < -0.39 is 17.0 Å². The zero-order valence-electron chi connectivity index (χ0n) is 15.4. The molecule has 3 heterocycles. The van der Waals surface area contributed by atoms with Gasteiger partial charge in [-0.3, -0.25) is 19.2 Å². The Labute approximate surface area is 156 Å². The molecule has 1 aliphatic heterocycles. The van der Waals surface area contributed by atoms with Crippen LogP contribution < -0.4 is 16.4 Å². The normalized spacial score (nSPS) is 14.1. The standard InChI is InChI=1S/C19H22N4O4/c1-21-8-6-7-14(18(21)26)16(24)20-15-11-13(12-22(2)19(15)27)17(25)23-9-4-3-5-10-23/h6-8,11-12H,3-5,9-10H2,1-2H3,(H,20,24). The van der Waals surface area contributed by atoms with E-state index in [-0.39, 0.29) is 17.2 Å². The fourth-order valence-electron chi connectivity index (χ4n) is 3.16. The lowest BCUT2D eigenvalue weighted by Crippen LogP contribution is -2.36. The molecule has 8 nitrogen and oxygen atoms in total. The summed E-state index contributed by atoms with van der Waals surface area (Å²) in [4.78, 5) is 51.4. The lowest BCUT2D eigenvalue weighted by Gasteiger charge is -2.27. The van der Waals surface area contributed by atoms with Gasteiger partial charge in [0.1, 0.15) is 11.3 Å². The van der Waals surface area contributed by atoms with Crippen molar-refractivity contribution in [2.75, 3.05) is 18.4 Å². The summed E-state index contributed by atoms with van der Waals surface area (Å²) in [5, 5.41) is 2.48. The summed E-state index contributed by atoms with van der Waals surface area (Å²) in [6.45, 7) is 1.37. The minimum absolute atomic E-state index is 0.0312. The highest BCUT2D eigenvalue weighted by Gasteiger charge is 2.21. The molecule has 2 aromatic heterocycles. The molecule has 1 fully saturated rings. The van der Waals surface area contributed by atoms with Crippen molar-refractivity contribution in [1.29, 1.82) is 0 Å². The van der Waals surface area contributed by atoms with E-state index >= 15 is 0 Å². The Morgan fingerprint density at radius 3 is 2.41 bits per heavy atom. The van der Waals surface area contributed by atoms with E-state index in [2.05, 4.69) is 5.32 Å². The molecule has 0 spiro atoms. The van der Waals surface area contributed by atoms with E-state index in [0.29, 0.717) is 18.7 Å². The van der Waals surface area contributed by atoms with Crippen molar-refractivity contribution < 1.29 is 9.59 Å². The molecule has 0 bridgehead atoms. The summed E-state index contributed by atoms with van der Waals surface area (Å²) in [5.74, 6) is -0.854. The monoisotopic (exact) mass is 370 g/mol. The highest BCUT2D eigenvalue weighted by molar-refractivity contribution is 6.04. The third kappa shape index (κ3) is 3.84. The zero-order valence-corrected chi connectivity index (χ0v) is 15.4. The lowest BCUT2D eigenvalue weighted by atomic mass is 10.1. The summed E-state index contributed by atoms with van der Waals surface area (Å²) < 4.78 is 2.54. The average Bonchev–Trinajstić information content (AvgIpc) is 2.67. The van der Waals surface area contributed by atoms with Crippen molar-refractivity contribution in [2.45, 2.75) is 19.3 Å². The molecule has 0 radical (unpaired) electrons. The number of aryl methyl sites for hydroxylation is 2. The van der Waals surface area contributed by atoms with Crippen molar-refractivity contribution in [3.63, 3.8) is 0 Å². The molecule has 0 aromatic carbocycles. The first-order chi connectivity index (χ1) is 12.9. The quantitative estimate of drug-likeness (QED) is 0.871. The Morgan fingerprint density at radius 2 is 1.70 bits per heavy atom. The molecule has 27 heavy (non-hydrogen) atoms. The third-order valence-corrected chi connectivity index (χ3v) is 4.69. The fourth-order valence-corrected chi connectivity index (χ4v) is 3.16. The molecule has 2 amide bonds. The Kier molecular flexibility index (Phi) is 5.25. The van der Waals surface area contributed by atoms with Crippen LogP contribution in [0.15, 0.2) is 40.2 Å². The van der Waals surface area contributed by atoms with Gasteiger partial charge in [0.25, 0.3) is 22.9 Å². The van der Waals surface area contributed by atoms with E-state index in [4.69, 9.17) is 0 Å². The molecule has 0 unspecified atom stereocenters. The van der Waals surface area contributed by atoms with E-state index in [9.17, 15) is 19.2 Å². The summed E-state index contributed by atoms with van der Waals surface area (Å²) in [5.41, 5.74) is -0.694. The summed E-state index contributed by atoms with van der Waals surface area (Å²) in [6, 6.07) is 4.35. The van der Waals surface area contributed by atoms with Crippen LogP contribution in [-0.2, 0) is 14.1 Å². The number of likely N-dealkylation sites (tertiary alicyclic amines) is 1. The van der Waals surface area contributed by atoms with Gasteiger partial charge in [-0.05, 0) is 37.5 Å². The van der Waals surface area contributed by atoms with E-state index in [1.54, 1.807) is 11.0 Å². The predicted octanol–water partition coefficient (Wildman–Crippen LogP) is 0.962. The summed E-state index contributed by atoms with van der Waals surface area (Å²) in [7, 11) is 3.06. The largest absolute Gasteiger partial charge is 0.339 e. The van der Waals surface area contributed by atoms with Gasteiger partial charge in [-0.2, -0.15) is 0 Å². The Hall–Kier alpha value is -3.16. The molecule has 142 valence electrons. The van der Waals surface area contributed by atoms with Gasteiger partial charge in [-0.1, -0.05) is 0 Å². The van der Waals surface area contributed by atoms with Gasteiger partial charge in [-0.25, -0.2) is 0 Å². The molecule has 3 rings (SSSR count). The summed E-state index contributed by atoms with van der Waals surface area (Å²) in [6.07, 6.45) is 6.02. The number of carbonyl (C=O) groups excluding carboxylic acids is 2. The second-order valence-electron chi connectivity index (χ2n) is 6.70. The van der Waals surface area contributed by atoms with Crippen molar-refractivity contribution in [1.82, 2.24) is 14.0 Å².